The van der Waals surface area contributed by atoms with Gasteiger partial charge in [-0.1, -0.05) is 0 Å². The number of carboxylic acids is 1. The molecule has 6 heteroatoms. The normalized spacial score (nSPS) is 24.0. The van der Waals surface area contributed by atoms with Gasteiger partial charge in [-0.05, 0) is 6.42 Å². The summed E-state index contributed by atoms with van der Waals surface area (Å²) in [4.78, 5) is 23.4. The Bertz CT molecular complexity index is 244. The molecule has 0 aromatic rings. The lowest BCUT2D eigenvalue weighted by molar-refractivity contribution is -0.138. The maximum Gasteiger partial charge on any atom is 0.321 e. The van der Waals surface area contributed by atoms with E-state index in [1.807, 2.05) is 0 Å². The van der Waals surface area contributed by atoms with Gasteiger partial charge in [0.2, 0.25) is 5.91 Å². The van der Waals surface area contributed by atoms with Crippen molar-refractivity contribution in [3.8, 4) is 0 Å². The number of carboxylic acid groups (broad SMARTS) is 1. The molecule has 0 aromatic heterocycles. The van der Waals surface area contributed by atoms with Crippen LogP contribution in [0.5, 0.6) is 0 Å². The molecule has 1 aliphatic heterocycles. The van der Waals surface area contributed by atoms with E-state index in [9.17, 15) is 9.59 Å². The fraction of sp³-hybridized carbons (Fsp3) is 0.750. The third-order valence-corrected chi connectivity index (χ3v) is 2.33. The molecular formula is C8H15N3O3. The Hall–Kier alpha value is -1.14. The van der Waals surface area contributed by atoms with Gasteiger partial charge in [0.05, 0.1) is 6.04 Å². The average Bonchev–Trinajstić information content (AvgIpc) is 2.44. The van der Waals surface area contributed by atoms with Gasteiger partial charge in [-0.2, -0.15) is 0 Å². The molecule has 1 saturated heterocycles. The lowest BCUT2D eigenvalue weighted by atomic mass is 10.2. The first-order valence-electron chi connectivity index (χ1n) is 4.49. The van der Waals surface area contributed by atoms with E-state index < -0.39 is 12.0 Å². The molecule has 2 unspecified atom stereocenters. The fourth-order valence-corrected chi connectivity index (χ4v) is 1.37. The Morgan fingerprint density at radius 2 is 2.50 bits per heavy atom. The highest BCUT2D eigenvalue weighted by atomic mass is 16.4. The molecule has 1 amide bonds. The number of carbonyl (C=O) groups excluding carboxylic acids is 1. The Morgan fingerprint density at radius 1 is 1.86 bits per heavy atom. The van der Waals surface area contributed by atoms with E-state index in [2.05, 4.69) is 5.32 Å². The van der Waals surface area contributed by atoms with Crippen LogP contribution in [-0.4, -0.2) is 54.1 Å². The van der Waals surface area contributed by atoms with Crippen molar-refractivity contribution >= 4 is 11.9 Å². The molecule has 0 aliphatic carbocycles. The van der Waals surface area contributed by atoms with Gasteiger partial charge >= 0.3 is 5.97 Å². The van der Waals surface area contributed by atoms with Crippen LogP contribution in [0.4, 0.5) is 0 Å². The number of nitrogens with one attached hydrogen (secondary N) is 1. The number of hydrogen-bond acceptors (Lipinski definition) is 4. The number of carbonyl (C=O) groups is 2. The van der Waals surface area contributed by atoms with Crippen molar-refractivity contribution in [3.05, 3.63) is 0 Å². The van der Waals surface area contributed by atoms with Gasteiger partial charge in [0.15, 0.2) is 0 Å². The van der Waals surface area contributed by atoms with Gasteiger partial charge in [-0.25, -0.2) is 0 Å². The minimum absolute atomic E-state index is 0.00240. The zero-order chi connectivity index (χ0) is 10.7. The SMILES string of the molecule is CN1CCC(NCC(N)C(=O)O)C1=O. The first kappa shape index (κ1) is 10.9. The summed E-state index contributed by atoms with van der Waals surface area (Å²) >= 11 is 0. The van der Waals surface area contributed by atoms with E-state index in [0.29, 0.717) is 13.0 Å². The summed E-state index contributed by atoms with van der Waals surface area (Å²) in [6.45, 7) is 0.832. The topological polar surface area (TPSA) is 95.7 Å². The molecule has 1 rings (SSSR count). The molecule has 2 atom stereocenters. The van der Waals surface area contributed by atoms with Crippen molar-refractivity contribution in [2.45, 2.75) is 18.5 Å². The Kier molecular flexibility index (Phi) is 3.43. The molecule has 80 valence electrons. The maximum absolute atomic E-state index is 11.4. The molecular weight excluding hydrogens is 186 g/mol. The lowest BCUT2D eigenvalue weighted by Crippen LogP contribution is -2.46. The lowest BCUT2D eigenvalue weighted by Gasteiger charge is -2.13. The highest BCUT2D eigenvalue weighted by molar-refractivity contribution is 5.83. The molecule has 6 nitrogen and oxygen atoms in total. The molecule has 1 fully saturated rings. The van der Waals surface area contributed by atoms with Crippen molar-refractivity contribution in [3.63, 3.8) is 0 Å². The van der Waals surface area contributed by atoms with Crippen molar-refractivity contribution < 1.29 is 14.7 Å². The molecule has 0 spiro atoms. The summed E-state index contributed by atoms with van der Waals surface area (Å²) in [5.41, 5.74) is 5.29. The van der Waals surface area contributed by atoms with Gasteiger partial charge < -0.3 is 21.1 Å². The number of likely N-dealkylation sites (tertiary alicyclic amines) is 1. The number of hydrogen-bond donors (Lipinski definition) is 3. The molecule has 4 N–H and O–H groups in total. The summed E-state index contributed by atoms with van der Waals surface area (Å²) in [5, 5.41) is 11.4. The summed E-state index contributed by atoms with van der Waals surface area (Å²) in [7, 11) is 1.72. The number of likely N-dealkylation sites (N-methyl/N-ethyl adjacent to an activating group) is 1. The quantitative estimate of drug-likeness (QED) is 0.499. The number of nitrogens with two attached hydrogens (primary N) is 1. The Morgan fingerprint density at radius 3 is 2.93 bits per heavy atom. The second kappa shape index (κ2) is 4.39. The first-order valence-corrected chi connectivity index (χ1v) is 4.49. The maximum atomic E-state index is 11.4. The van der Waals surface area contributed by atoms with Crippen LogP contribution >= 0.6 is 0 Å². The van der Waals surface area contributed by atoms with Crippen LogP contribution in [0.3, 0.4) is 0 Å². The van der Waals surface area contributed by atoms with Crippen LogP contribution in [-0.2, 0) is 9.59 Å². The van der Waals surface area contributed by atoms with Crippen LogP contribution in [0.2, 0.25) is 0 Å². The molecule has 1 aliphatic rings. The van der Waals surface area contributed by atoms with Gasteiger partial charge in [0.1, 0.15) is 6.04 Å². The number of aliphatic carboxylic acids is 1. The zero-order valence-electron chi connectivity index (χ0n) is 8.06. The summed E-state index contributed by atoms with van der Waals surface area (Å²) < 4.78 is 0. The van der Waals surface area contributed by atoms with Gasteiger partial charge in [0.25, 0.3) is 0 Å². The third kappa shape index (κ3) is 2.43. The van der Waals surface area contributed by atoms with Crippen molar-refractivity contribution in [1.82, 2.24) is 10.2 Å². The Balaban J connectivity index is 2.32. The smallest absolute Gasteiger partial charge is 0.321 e. The van der Waals surface area contributed by atoms with Gasteiger partial charge in [-0.3, -0.25) is 9.59 Å². The van der Waals surface area contributed by atoms with Crippen LogP contribution in [0.25, 0.3) is 0 Å². The second-order valence-corrected chi connectivity index (χ2v) is 3.45. The minimum atomic E-state index is -1.06. The number of nitrogens with zero attached hydrogens (tertiary/aromatic N) is 1. The Labute approximate surface area is 82.1 Å². The summed E-state index contributed by atoms with van der Waals surface area (Å²) in [5.74, 6) is -1.06. The van der Waals surface area contributed by atoms with E-state index in [1.165, 1.54) is 0 Å². The molecule has 14 heavy (non-hydrogen) atoms. The minimum Gasteiger partial charge on any atom is -0.480 e. The molecule has 1 heterocycles. The zero-order valence-corrected chi connectivity index (χ0v) is 8.06. The van der Waals surface area contributed by atoms with Crippen LogP contribution < -0.4 is 11.1 Å². The summed E-state index contributed by atoms with van der Waals surface area (Å²) in [6, 6.07) is -1.22. The third-order valence-electron chi connectivity index (χ3n) is 2.33. The predicted molar refractivity (Wildman–Crippen MR) is 49.7 cm³/mol. The van der Waals surface area contributed by atoms with E-state index in [0.717, 1.165) is 0 Å². The van der Waals surface area contributed by atoms with Crippen LogP contribution in [0.1, 0.15) is 6.42 Å². The second-order valence-electron chi connectivity index (χ2n) is 3.45. The monoisotopic (exact) mass is 201 g/mol. The molecule has 0 bridgehead atoms. The molecule has 0 aromatic carbocycles. The largest absolute Gasteiger partial charge is 0.480 e. The van der Waals surface area contributed by atoms with Crippen molar-refractivity contribution in [2.75, 3.05) is 20.1 Å². The predicted octanol–water partition coefficient (Wildman–Crippen LogP) is -1.78. The fourth-order valence-electron chi connectivity index (χ4n) is 1.37. The van der Waals surface area contributed by atoms with E-state index >= 15 is 0 Å². The standard InChI is InChI=1S/C8H15N3O3/c1-11-3-2-6(7(11)12)10-4-5(9)8(13)14/h5-6,10H,2-4,9H2,1H3,(H,13,14). The highest BCUT2D eigenvalue weighted by Gasteiger charge is 2.29. The summed E-state index contributed by atoms with van der Waals surface area (Å²) in [6.07, 6.45) is 0.710. The number of amides is 1. The average molecular weight is 201 g/mol. The van der Waals surface area contributed by atoms with Crippen molar-refractivity contribution in [1.29, 1.82) is 0 Å². The molecule has 0 radical (unpaired) electrons. The first-order chi connectivity index (χ1) is 6.52. The number of rotatable bonds is 4. The van der Waals surface area contributed by atoms with E-state index in [-0.39, 0.29) is 18.5 Å². The van der Waals surface area contributed by atoms with Crippen LogP contribution in [0.15, 0.2) is 0 Å². The van der Waals surface area contributed by atoms with Gasteiger partial charge in [0, 0.05) is 20.1 Å². The van der Waals surface area contributed by atoms with E-state index in [4.69, 9.17) is 10.8 Å². The molecule has 0 saturated carbocycles. The van der Waals surface area contributed by atoms with Crippen molar-refractivity contribution in [2.24, 2.45) is 5.73 Å². The van der Waals surface area contributed by atoms with E-state index in [1.54, 1.807) is 11.9 Å². The highest BCUT2D eigenvalue weighted by Crippen LogP contribution is 2.07. The van der Waals surface area contributed by atoms with Gasteiger partial charge in [-0.15, -0.1) is 0 Å². The van der Waals surface area contributed by atoms with Crippen LogP contribution in [0, 0.1) is 0 Å².